The first-order valence-electron chi connectivity index (χ1n) is 10.4. The number of amides is 2. The average Bonchev–Trinajstić information content (AvgIpc) is 2.78. The summed E-state index contributed by atoms with van der Waals surface area (Å²) in [5.74, 6) is 0.853. The number of carbonyl (C=O) groups excluding carboxylic acids is 3. The van der Waals surface area contributed by atoms with E-state index in [0.717, 1.165) is 24.2 Å². The molecule has 0 unspecified atom stereocenters. The lowest BCUT2D eigenvalue weighted by Crippen LogP contribution is -2.42. The first-order chi connectivity index (χ1) is 15.0. The van der Waals surface area contributed by atoms with Crippen LogP contribution in [-0.4, -0.2) is 49.4 Å². The van der Waals surface area contributed by atoms with Crippen molar-refractivity contribution < 1.29 is 23.9 Å². The number of rotatable bonds is 7. The lowest BCUT2D eigenvalue weighted by molar-refractivity contribution is -0.132. The molecule has 0 atom stereocenters. The van der Waals surface area contributed by atoms with E-state index in [2.05, 4.69) is 5.32 Å². The fraction of sp³-hybridized carbons (Fsp3) is 0.375. The molecular weight excluding hydrogens is 396 g/mol. The molecule has 3 rings (SSSR count). The second-order valence-corrected chi connectivity index (χ2v) is 7.64. The lowest BCUT2D eigenvalue weighted by Gasteiger charge is -2.32. The topological polar surface area (TPSA) is 84.9 Å². The summed E-state index contributed by atoms with van der Waals surface area (Å²) in [6, 6.07) is 14.1. The number of piperidine rings is 1. The summed E-state index contributed by atoms with van der Waals surface area (Å²) < 4.78 is 10.4. The highest BCUT2D eigenvalue weighted by Crippen LogP contribution is 2.21. The van der Waals surface area contributed by atoms with Crippen LogP contribution in [0, 0.1) is 5.92 Å². The Morgan fingerprint density at radius 3 is 2.52 bits per heavy atom. The molecule has 1 fully saturated rings. The van der Waals surface area contributed by atoms with Gasteiger partial charge in [0.25, 0.3) is 5.91 Å². The summed E-state index contributed by atoms with van der Waals surface area (Å²) in [6.07, 6.45) is 2.00. The molecular formula is C24H28N2O5. The smallest absolute Gasteiger partial charge is 0.308 e. The minimum Gasteiger partial charge on any atom is -0.496 e. The van der Waals surface area contributed by atoms with Crippen LogP contribution in [0.1, 0.15) is 35.7 Å². The van der Waals surface area contributed by atoms with Crippen LogP contribution in [0.3, 0.4) is 0 Å². The van der Waals surface area contributed by atoms with E-state index in [1.807, 2.05) is 29.2 Å². The molecule has 2 amide bonds. The first kappa shape index (κ1) is 22.3. The van der Waals surface area contributed by atoms with E-state index in [9.17, 15) is 14.4 Å². The van der Waals surface area contributed by atoms with Gasteiger partial charge in [0.2, 0.25) is 5.91 Å². The second kappa shape index (κ2) is 10.6. The van der Waals surface area contributed by atoms with Crippen LogP contribution in [0.4, 0.5) is 0 Å². The summed E-state index contributed by atoms with van der Waals surface area (Å²) >= 11 is 0. The second-order valence-electron chi connectivity index (χ2n) is 7.64. The number of nitrogens with one attached hydrogen (secondary N) is 1. The van der Waals surface area contributed by atoms with Crippen molar-refractivity contribution in [1.29, 1.82) is 0 Å². The van der Waals surface area contributed by atoms with Gasteiger partial charge >= 0.3 is 5.97 Å². The molecule has 164 valence electrons. The van der Waals surface area contributed by atoms with Crippen LogP contribution in [0.25, 0.3) is 0 Å². The first-order valence-corrected chi connectivity index (χ1v) is 10.4. The number of hydrogen-bond acceptors (Lipinski definition) is 5. The maximum Gasteiger partial charge on any atom is 0.308 e. The third kappa shape index (κ3) is 6.31. The van der Waals surface area contributed by atoms with Gasteiger partial charge in [0.05, 0.1) is 13.5 Å². The van der Waals surface area contributed by atoms with Gasteiger partial charge in [-0.05, 0) is 43.0 Å². The van der Waals surface area contributed by atoms with Gasteiger partial charge in [-0.25, -0.2) is 0 Å². The number of carbonyl (C=O) groups is 3. The third-order valence-corrected chi connectivity index (χ3v) is 5.41. The zero-order valence-corrected chi connectivity index (χ0v) is 17.9. The van der Waals surface area contributed by atoms with E-state index in [1.54, 1.807) is 31.4 Å². The highest BCUT2D eigenvalue weighted by Gasteiger charge is 2.24. The zero-order valence-electron chi connectivity index (χ0n) is 17.9. The molecule has 0 radical (unpaired) electrons. The quantitative estimate of drug-likeness (QED) is 0.546. The van der Waals surface area contributed by atoms with Crippen molar-refractivity contribution in [2.75, 3.05) is 26.7 Å². The van der Waals surface area contributed by atoms with Crippen LogP contribution in [0.2, 0.25) is 0 Å². The molecule has 31 heavy (non-hydrogen) atoms. The average molecular weight is 424 g/mol. The number of methoxy groups -OCH3 is 1. The molecule has 1 heterocycles. The molecule has 0 aromatic heterocycles. The fourth-order valence-electron chi connectivity index (χ4n) is 3.72. The molecule has 1 aliphatic rings. The molecule has 1 N–H and O–H groups in total. The van der Waals surface area contributed by atoms with Crippen molar-refractivity contribution in [2.24, 2.45) is 5.92 Å². The predicted octanol–water partition coefficient (Wildman–Crippen LogP) is 2.83. The Labute approximate surface area is 182 Å². The molecule has 0 spiro atoms. The van der Waals surface area contributed by atoms with Gasteiger partial charge in [0.1, 0.15) is 11.5 Å². The van der Waals surface area contributed by atoms with Crippen LogP contribution in [-0.2, 0) is 16.0 Å². The van der Waals surface area contributed by atoms with Gasteiger partial charge in [-0.3, -0.25) is 14.4 Å². The van der Waals surface area contributed by atoms with Crippen molar-refractivity contribution in [3.63, 3.8) is 0 Å². The molecule has 2 aromatic carbocycles. The maximum atomic E-state index is 12.7. The van der Waals surface area contributed by atoms with Crippen molar-refractivity contribution in [3.8, 4) is 11.5 Å². The SMILES string of the molecule is COc1ccccc1CC(=O)N1CCC(CNC(=O)c2cccc(OC(C)=O)c2)CC1. The Bertz CT molecular complexity index is 935. The summed E-state index contributed by atoms with van der Waals surface area (Å²) in [6.45, 7) is 3.22. The summed E-state index contributed by atoms with van der Waals surface area (Å²) in [4.78, 5) is 38.1. The van der Waals surface area contributed by atoms with Crippen molar-refractivity contribution in [1.82, 2.24) is 10.2 Å². The number of esters is 1. The van der Waals surface area contributed by atoms with Gasteiger partial charge in [0, 0.05) is 37.7 Å². The molecule has 7 heteroatoms. The Kier molecular flexibility index (Phi) is 7.65. The molecule has 1 aliphatic heterocycles. The van der Waals surface area contributed by atoms with E-state index in [1.165, 1.54) is 6.92 Å². The monoisotopic (exact) mass is 424 g/mol. The Morgan fingerprint density at radius 2 is 1.81 bits per heavy atom. The number of ether oxygens (including phenoxy) is 2. The Hall–Kier alpha value is -3.35. The van der Waals surface area contributed by atoms with E-state index < -0.39 is 5.97 Å². The van der Waals surface area contributed by atoms with Gasteiger partial charge in [0.15, 0.2) is 0 Å². The van der Waals surface area contributed by atoms with Crippen molar-refractivity contribution in [2.45, 2.75) is 26.2 Å². The van der Waals surface area contributed by atoms with Gasteiger partial charge in [-0.1, -0.05) is 24.3 Å². The zero-order chi connectivity index (χ0) is 22.2. The van der Waals surface area contributed by atoms with Crippen LogP contribution in [0.15, 0.2) is 48.5 Å². The van der Waals surface area contributed by atoms with Crippen LogP contribution < -0.4 is 14.8 Å². The third-order valence-electron chi connectivity index (χ3n) is 5.41. The normalized spacial score (nSPS) is 14.1. The van der Waals surface area contributed by atoms with Gasteiger partial charge < -0.3 is 19.7 Å². The molecule has 0 aliphatic carbocycles. The largest absolute Gasteiger partial charge is 0.496 e. The minimum atomic E-state index is -0.426. The number of benzene rings is 2. The fourth-order valence-corrected chi connectivity index (χ4v) is 3.72. The minimum absolute atomic E-state index is 0.0919. The van der Waals surface area contributed by atoms with Crippen LogP contribution in [0.5, 0.6) is 11.5 Å². The summed E-state index contributed by atoms with van der Waals surface area (Å²) in [5.41, 5.74) is 1.34. The highest BCUT2D eigenvalue weighted by atomic mass is 16.5. The number of hydrogen-bond donors (Lipinski definition) is 1. The van der Waals surface area contributed by atoms with Gasteiger partial charge in [-0.2, -0.15) is 0 Å². The van der Waals surface area contributed by atoms with Gasteiger partial charge in [-0.15, -0.1) is 0 Å². The van der Waals surface area contributed by atoms with E-state index in [-0.39, 0.29) is 11.8 Å². The molecule has 2 aromatic rings. The highest BCUT2D eigenvalue weighted by molar-refractivity contribution is 5.94. The summed E-state index contributed by atoms with van der Waals surface area (Å²) in [5, 5.41) is 2.95. The van der Waals surface area contributed by atoms with E-state index in [4.69, 9.17) is 9.47 Å². The maximum absolute atomic E-state index is 12.7. The van der Waals surface area contributed by atoms with Crippen LogP contribution >= 0.6 is 0 Å². The van der Waals surface area contributed by atoms with E-state index >= 15 is 0 Å². The predicted molar refractivity (Wildman–Crippen MR) is 116 cm³/mol. The van der Waals surface area contributed by atoms with E-state index in [0.29, 0.717) is 43.3 Å². The number of para-hydroxylation sites is 1. The van der Waals surface area contributed by atoms with Crippen molar-refractivity contribution in [3.05, 3.63) is 59.7 Å². The lowest BCUT2D eigenvalue weighted by atomic mass is 9.96. The Balaban J connectivity index is 1.45. The Morgan fingerprint density at radius 1 is 1.06 bits per heavy atom. The summed E-state index contributed by atoms with van der Waals surface area (Å²) in [7, 11) is 1.61. The molecule has 1 saturated heterocycles. The molecule has 0 bridgehead atoms. The standard InChI is InChI=1S/C24H28N2O5/c1-17(27)31-21-8-5-7-20(14-21)24(29)25-16-18-10-12-26(13-11-18)23(28)15-19-6-3-4-9-22(19)30-2/h3-9,14,18H,10-13,15-16H2,1-2H3,(H,25,29). The molecule has 0 saturated carbocycles. The number of likely N-dealkylation sites (tertiary alicyclic amines) is 1. The number of nitrogens with zero attached hydrogens (tertiary/aromatic N) is 1. The van der Waals surface area contributed by atoms with Crippen molar-refractivity contribution >= 4 is 17.8 Å². The molecule has 7 nitrogen and oxygen atoms in total.